The topological polar surface area (TPSA) is 100 Å². The summed E-state index contributed by atoms with van der Waals surface area (Å²) in [6.07, 6.45) is 0. The van der Waals surface area contributed by atoms with Crippen LogP contribution in [0.1, 0.15) is 0 Å². The zero-order valence-corrected chi connectivity index (χ0v) is 11.7. The molecule has 21 heavy (non-hydrogen) atoms. The predicted molar refractivity (Wildman–Crippen MR) is 80.6 cm³/mol. The molecule has 0 saturated heterocycles. The minimum Gasteiger partial charge on any atom is -0.368 e. The van der Waals surface area contributed by atoms with Crippen molar-refractivity contribution in [2.75, 3.05) is 41.5 Å². The van der Waals surface area contributed by atoms with Crippen LogP contribution in [0.25, 0.3) is 0 Å². The zero-order valence-electron chi connectivity index (χ0n) is 11.7. The standard InChI is InChI=1S/C13H15N7O/c1-19(2)12-16-11(14)17-13(18-12)20-7-10(21)15-8-5-3-4-6-9(8)20/h3-6H,7H2,1-2H3,(H,15,21)(H2,14,16,17,18). The van der Waals surface area contributed by atoms with Crippen molar-refractivity contribution in [3.63, 3.8) is 0 Å². The van der Waals surface area contributed by atoms with Crippen molar-refractivity contribution in [1.29, 1.82) is 0 Å². The number of nitrogens with two attached hydrogens (primary N) is 1. The average molecular weight is 285 g/mol. The lowest BCUT2D eigenvalue weighted by Crippen LogP contribution is -2.36. The third-order valence-electron chi connectivity index (χ3n) is 3.04. The van der Waals surface area contributed by atoms with Crippen LogP contribution in [0.2, 0.25) is 0 Å². The highest BCUT2D eigenvalue weighted by molar-refractivity contribution is 6.02. The number of nitrogens with one attached hydrogen (secondary N) is 1. The number of anilines is 5. The molecule has 0 unspecified atom stereocenters. The van der Waals surface area contributed by atoms with E-state index in [4.69, 9.17) is 5.73 Å². The van der Waals surface area contributed by atoms with Crippen LogP contribution in [0.5, 0.6) is 0 Å². The second kappa shape index (κ2) is 4.89. The summed E-state index contributed by atoms with van der Waals surface area (Å²) in [5.74, 6) is 0.792. The summed E-state index contributed by atoms with van der Waals surface area (Å²) < 4.78 is 0. The van der Waals surface area contributed by atoms with Gasteiger partial charge in [-0.05, 0) is 12.1 Å². The number of carbonyl (C=O) groups is 1. The van der Waals surface area contributed by atoms with Crippen LogP contribution >= 0.6 is 0 Å². The molecule has 0 aliphatic carbocycles. The normalized spacial score (nSPS) is 13.6. The van der Waals surface area contributed by atoms with Crippen LogP contribution in [0.3, 0.4) is 0 Å². The van der Waals surface area contributed by atoms with E-state index >= 15 is 0 Å². The highest BCUT2D eigenvalue weighted by Gasteiger charge is 2.25. The van der Waals surface area contributed by atoms with Crippen molar-refractivity contribution >= 4 is 35.1 Å². The Morgan fingerprint density at radius 2 is 2.00 bits per heavy atom. The Labute approximate surface area is 121 Å². The Morgan fingerprint density at radius 1 is 1.24 bits per heavy atom. The molecule has 1 aromatic carbocycles. The maximum Gasteiger partial charge on any atom is 0.244 e. The number of hydrogen-bond donors (Lipinski definition) is 2. The highest BCUT2D eigenvalue weighted by Crippen LogP contribution is 2.33. The number of hydrogen-bond acceptors (Lipinski definition) is 7. The highest BCUT2D eigenvalue weighted by atomic mass is 16.2. The van der Waals surface area contributed by atoms with Gasteiger partial charge >= 0.3 is 0 Å². The lowest BCUT2D eigenvalue weighted by atomic mass is 10.2. The monoisotopic (exact) mass is 285 g/mol. The largest absolute Gasteiger partial charge is 0.368 e. The quantitative estimate of drug-likeness (QED) is 0.833. The summed E-state index contributed by atoms with van der Waals surface area (Å²) in [7, 11) is 3.63. The Morgan fingerprint density at radius 3 is 2.76 bits per heavy atom. The van der Waals surface area contributed by atoms with E-state index in [9.17, 15) is 4.79 Å². The maximum absolute atomic E-state index is 11.8. The molecule has 8 heteroatoms. The Kier molecular flexibility index (Phi) is 3.05. The summed E-state index contributed by atoms with van der Waals surface area (Å²) in [6, 6.07) is 7.47. The van der Waals surface area contributed by atoms with Crippen LogP contribution in [0, 0.1) is 0 Å². The van der Waals surface area contributed by atoms with Gasteiger partial charge in [-0.3, -0.25) is 9.69 Å². The molecule has 108 valence electrons. The van der Waals surface area contributed by atoms with Gasteiger partial charge in [0.15, 0.2) is 0 Å². The lowest BCUT2D eigenvalue weighted by molar-refractivity contribution is -0.115. The summed E-state index contributed by atoms with van der Waals surface area (Å²) >= 11 is 0. The first-order chi connectivity index (χ1) is 10.0. The molecule has 0 atom stereocenters. The van der Waals surface area contributed by atoms with Gasteiger partial charge in [0.2, 0.25) is 23.8 Å². The van der Waals surface area contributed by atoms with Crippen molar-refractivity contribution < 1.29 is 4.79 Å². The summed E-state index contributed by atoms with van der Waals surface area (Å²) in [5, 5.41) is 2.82. The number of carbonyl (C=O) groups excluding carboxylic acids is 1. The van der Waals surface area contributed by atoms with Gasteiger partial charge in [0.25, 0.3) is 0 Å². The molecule has 0 radical (unpaired) electrons. The molecule has 1 aliphatic rings. The first kappa shape index (κ1) is 13.1. The molecule has 2 heterocycles. The number of nitrogen functional groups attached to an aromatic ring is 1. The third-order valence-corrected chi connectivity index (χ3v) is 3.04. The van der Waals surface area contributed by atoms with Gasteiger partial charge in [0, 0.05) is 14.1 Å². The Balaban J connectivity index is 2.10. The number of para-hydroxylation sites is 2. The van der Waals surface area contributed by atoms with Gasteiger partial charge in [-0.2, -0.15) is 15.0 Å². The molecule has 3 rings (SSSR count). The molecule has 2 aromatic rings. The number of fused-ring (bicyclic) bond motifs is 1. The molecule has 0 saturated carbocycles. The average Bonchev–Trinajstić information content (AvgIpc) is 2.45. The van der Waals surface area contributed by atoms with E-state index in [0.717, 1.165) is 11.4 Å². The van der Waals surface area contributed by atoms with Gasteiger partial charge in [-0.25, -0.2) is 0 Å². The van der Waals surface area contributed by atoms with Crippen LogP contribution in [0.4, 0.5) is 29.2 Å². The van der Waals surface area contributed by atoms with Gasteiger partial charge in [0.05, 0.1) is 11.4 Å². The SMILES string of the molecule is CN(C)c1nc(N)nc(N2CC(=O)Nc3ccccc32)n1. The molecule has 1 aliphatic heterocycles. The van der Waals surface area contributed by atoms with E-state index in [1.54, 1.807) is 9.80 Å². The van der Waals surface area contributed by atoms with Crippen molar-refractivity contribution in [2.45, 2.75) is 0 Å². The molecule has 0 bridgehead atoms. The first-order valence-electron chi connectivity index (χ1n) is 6.40. The molecule has 1 aromatic heterocycles. The van der Waals surface area contributed by atoms with Crippen LogP contribution in [-0.2, 0) is 4.79 Å². The minimum atomic E-state index is -0.126. The molecule has 8 nitrogen and oxygen atoms in total. The predicted octanol–water partition coefficient (Wildman–Crippen LogP) is 0.610. The van der Waals surface area contributed by atoms with Crippen molar-refractivity contribution in [3.8, 4) is 0 Å². The molecular formula is C13H15N7O. The maximum atomic E-state index is 11.8. The van der Waals surface area contributed by atoms with Crippen molar-refractivity contribution in [3.05, 3.63) is 24.3 Å². The molecular weight excluding hydrogens is 270 g/mol. The Bertz CT molecular complexity index is 701. The molecule has 0 spiro atoms. The van der Waals surface area contributed by atoms with Crippen LogP contribution < -0.4 is 20.9 Å². The van der Waals surface area contributed by atoms with Crippen LogP contribution in [0.15, 0.2) is 24.3 Å². The van der Waals surface area contributed by atoms with Gasteiger partial charge in [0.1, 0.15) is 6.54 Å². The van der Waals surface area contributed by atoms with Crippen LogP contribution in [-0.4, -0.2) is 41.5 Å². The Hall–Kier alpha value is -2.90. The fraction of sp³-hybridized carbons (Fsp3) is 0.231. The molecule has 0 fully saturated rings. The minimum absolute atomic E-state index is 0.118. The second-order valence-corrected chi connectivity index (χ2v) is 4.84. The van der Waals surface area contributed by atoms with E-state index < -0.39 is 0 Å². The van der Waals surface area contributed by atoms with E-state index in [1.165, 1.54) is 0 Å². The number of rotatable bonds is 2. The van der Waals surface area contributed by atoms with Crippen molar-refractivity contribution in [1.82, 2.24) is 15.0 Å². The first-order valence-corrected chi connectivity index (χ1v) is 6.40. The summed E-state index contributed by atoms with van der Waals surface area (Å²) in [4.78, 5) is 27.9. The fourth-order valence-corrected chi connectivity index (χ4v) is 2.10. The number of benzene rings is 1. The smallest absolute Gasteiger partial charge is 0.244 e. The van der Waals surface area contributed by atoms with Gasteiger partial charge in [-0.1, -0.05) is 12.1 Å². The van der Waals surface area contributed by atoms with E-state index in [1.807, 2.05) is 38.4 Å². The van der Waals surface area contributed by atoms with Gasteiger partial charge < -0.3 is 16.0 Å². The number of nitrogens with zero attached hydrogens (tertiary/aromatic N) is 5. The molecule has 1 amide bonds. The summed E-state index contributed by atoms with van der Waals surface area (Å²) in [5.41, 5.74) is 7.29. The number of aromatic nitrogens is 3. The van der Waals surface area contributed by atoms with Gasteiger partial charge in [-0.15, -0.1) is 0 Å². The van der Waals surface area contributed by atoms with E-state index in [-0.39, 0.29) is 18.4 Å². The zero-order chi connectivity index (χ0) is 15.0. The number of amides is 1. The third kappa shape index (κ3) is 2.42. The second-order valence-electron chi connectivity index (χ2n) is 4.84. The summed E-state index contributed by atoms with van der Waals surface area (Å²) in [6.45, 7) is 0.132. The van der Waals surface area contributed by atoms with Crippen molar-refractivity contribution in [2.24, 2.45) is 0 Å². The lowest BCUT2D eigenvalue weighted by Gasteiger charge is -2.29. The fourth-order valence-electron chi connectivity index (χ4n) is 2.10. The molecule has 3 N–H and O–H groups in total. The van der Waals surface area contributed by atoms with E-state index in [0.29, 0.717) is 11.9 Å². The van der Waals surface area contributed by atoms with E-state index in [2.05, 4.69) is 20.3 Å².